The number of pyridine rings is 1. The van der Waals surface area contributed by atoms with E-state index in [1.165, 1.54) is 6.92 Å². The summed E-state index contributed by atoms with van der Waals surface area (Å²) in [5, 5.41) is 2.91. The number of anilines is 1. The molecule has 1 aromatic carbocycles. The second kappa shape index (κ2) is 7.47. The fourth-order valence-electron chi connectivity index (χ4n) is 3.23. The monoisotopic (exact) mass is 337 g/mol. The largest absolute Gasteiger partial charge is 0.349 e. The van der Waals surface area contributed by atoms with E-state index in [1.807, 2.05) is 43.3 Å². The van der Waals surface area contributed by atoms with Crippen LogP contribution in [0.25, 0.3) is 0 Å². The van der Waals surface area contributed by atoms with Crippen LogP contribution in [0.5, 0.6) is 0 Å². The standard InChI is InChI=1S/C20H23N3O2/c1-14-7-9-16(10-8-14)18(22-15(2)24)13-20(25)23-12-4-5-17-19(23)6-3-11-21-17/h3,6-11,18H,4-5,12-13H2,1-2H3,(H,22,24). The van der Waals surface area contributed by atoms with Crippen molar-refractivity contribution in [1.29, 1.82) is 0 Å². The molecular formula is C20H23N3O2. The predicted octanol–water partition coefficient (Wildman–Crippen LogP) is 2.94. The number of benzene rings is 1. The highest BCUT2D eigenvalue weighted by Gasteiger charge is 2.26. The van der Waals surface area contributed by atoms with Gasteiger partial charge in [-0.3, -0.25) is 14.6 Å². The van der Waals surface area contributed by atoms with E-state index in [0.717, 1.165) is 35.3 Å². The van der Waals surface area contributed by atoms with Crippen LogP contribution in [-0.2, 0) is 16.0 Å². The molecule has 0 aliphatic carbocycles. The molecule has 2 amide bonds. The molecule has 2 aromatic rings. The highest BCUT2D eigenvalue weighted by atomic mass is 16.2. The SMILES string of the molecule is CC(=O)NC(CC(=O)N1CCCc2ncccc21)c1ccc(C)cc1. The Morgan fingerprint density at radius 1 is 1.24 bits per heavy atom. The van der Waals surface area contributed by atoms with Crippen molar-refractivity contribution in [3.8, 4) is 0 Å². The highest BCUT2D eigenvalue weighted by molar-refractivity contribution is 5.95. The lowest BCUT2D eigenvalue weighted by Crippen LogP contribution is -2.39. The topological polar surface area (TPSA) is 62.3 Å². The molecule has 1 aliphatic rings. The summed E-state index contributed by atoms with van der Waals surface area (Å²) < 4.78 is 0. The van der Waals surface area contributed by atoms with E-state index in [2.05, 4.69) is 10.3 Å². The molecular weight excluding hydrogens is 314 g/mol. The van der Waals surface area contributed by atoms with Gasteiger partial charge in [0.15, 0.2) is 0 Å². The maximum Gasteiger partial charge on any atom is 0.229 e. The first-order valence-electron chi connectivity index (χ1n) is 8.62. The van der Waals surface area contributed by atoms with Crippen LogP contribution in [-0.4, -0.2) is 23.3 Å². The molecule has 0 fully saturated rings. The summed E-state index contributed by atoms with van der Waals surface area (Å²) in [6.07, 6.45) is 3.80. The molecule has 0 bridgehead atoms. The number of hydrogen-bond donors (Lipinski definition) is 1. The Morgan fingerprint density at radius 2 is 2.00 bits per heavy atom. The third kappa shape index (κ3) is 4.05. The fourth-order valence-corrected chi connectivity index (χ4v) is 3.23. The zero-order valence-electron chi connectivity index (χ0n) is 14.7. The van der Waals surface area contributed by atoms with Gasteiger partial charge in [0.05, 0.1) is 23.8 Å². The van der Waals surface area contributed by atoms with Crippen molar-refractivity contribution in [3.63, 3.8) is 0 Å². The Bertz CT molecular complexity index is 771. The molecule has 1 unspecified atom stereocenters. The highest BCUT2D eigenvalue weighted by Crippen LogP contribution is 2.27. The van der Waals surface area contributed by atoms with Gasteiger partial charge in [0.25, 0.3) is 0 Å². The van der Waals surface area contributed by atoms with Crippen LogP contribution in [0.3, 0.4) is 0 Å². The van der Waals surface area contributed by atoms with Crippen LogP contribution in [0.15, 0.2) is 42.6 Å². The Morgan fingerprint density at radius 3 is 2.72 bits per heavy atom. The van der Waals surface area contributed by atoms with Crippen LogP contribution in [0.4, 0.5) is 5.69 Å². The summed E-state index contributed by atoms with van der Waals surface area (Å²) in [7, 11) is 0. The first-order valence-corrected chi connectivity index (χ1v) is 8.62. The van der Waals surface area contributed by atoms with Gasteiger partial charge in [-0.05, 0) is 37.5 Å². The Kier molecular flexibility index (Phi) is 5.12. The molecule has 0 saturated heterocycles. The van der Waals surface area contributed by atoms with Gasteiger partial charge in [-0.2, -0.15) is 0 Å². The van der Waals surface area contributed by atoms with Gasteiger partial charge in [0.2, 0.25) is 11.8 Å². The predicted molar refractivity (Wildman–Crippen MR) is 97.3 cm³/mol. The van der Waals surface area contributed by atoms with E-state index in [4.69, 9.17) is 0 Å². The molecule has 5 nitrogen and oxygen atoms in total. The first-order chi connectivity index (χ1) is 12.0. The minimum Gasteiger partial charge on any atom is -0.349 e. The molecule has 1 aromatic heterocycles. The van der Waals surface area contributed by atoms with Crippen molar-refractivity contribution in [2.75, 3.05) is 11.4 Å². The second-order valence-corrected chi connectivity index (χ2v) is 6.49. The average molecular weight is 337 g/mol. The average Bonchev–Trinajstić information content (AvgIpc) is 2.61. The normalized spacial score (nSPS) is 14.6. The molecule has 3 rings (SSSR count). The summed E-state index contributed by atoms with van der Waals surface area (Å²) in [4.78, 5) is 30.7. The van der Waals surface area contributed by atoms with Crippen LogP contribution >= 0.6 is 0 Å². The molecule has 1 atom stereocenters. The molecule has 2 heterocycles. The molecule has 0 radical (unpaired) electrons. The van der Waals surface area contributed by atoms with Gasteiger partial charge >= 0.3 is 0 Å². The molecule has 130 valence electrons. The van der Waals surface area contributed by atoms with Crippen LogP contribution in [0.2, 0.25) is 0 Å². The zero-order chi connectivity index (χ0) is 17.8. The smallest absolute Gasteiger partial charge is 0.229 e. The van der Waals surface area contributed by atoms with Crippen molar-refractivity contribution < 1.29 is 9.59 Å². The molecule has 0 saturated carbocycles. The number of hydrogen-bond acceptors (Lipinski definition) is 3. The van der Waals surface area contributed by atoms with Crippen molar-refractivity contribution >= 4 is 17.5 Å². The molecule has 0 spiro atoms. The van der Waals surface area contributed by atoms with E-state index in [0.29, 0.717) is 6.54 Å². The Hall–Kier alpha value is -2.69. The number of aryl methyl sites for hydroxylation is 2. The molecule has 5 heteroatoms. The first kappa shape index (κ1) is 17.1. The summed E-state index contributed by atoms with van der Waals surface area (Å²) >= 11 is 0. The minimum atomic E-state index is -0.326. The molecule has 1 N–H and O–H groups in total. The van der Waals surface area contributed by atoms with E-state index in [9.17, 15) is 9.59 Å². The summed E-state index contributed by atoms with van der Waals surface area (Å²) in [5.74, 6) is -0.132. The number of nitrogens with zero attached hydrogens (tertiary/aromatic N) is 2. The van der Waals surface area contributed by atoms with Crippen LogP contribution < -0.4 is 10.2 Å². The number of carbonyl (C=O) groups is 2. The van der Waals surface area contributed by atoms with Gasteiger partial charge in [0.1, 0.15) is 0 Å². The maximum absolute atomic E-state index is 12.9. The van der Waals surface area contributed by atoms with Crippen molar-refractivity contribution in [3.05, 3.63) is 59.4 Å². The van der Waals surface area contributed by atoms with Gasteiger partial charge in [-0.1, -0.05) is 29.8 Å². The van der Waals surface area contributed by atoms with E-state index < -0.39 is 0 Å². The second-order valence-electron chi connectivity index (χ2n) is 6.49. The number of aromatic nitrogens is 1. The van der Waals surface area contributed by atoms with E-state index >= 15 is 0 Å². The van der Waals surface area contributed by atoms with Crippen molar-refractivity contribution in [1.82, 2.24) is 10.3 Å². The number of rotatable bonds is 4. The lowest BCUT2D eigenvalue weighted by atomic mass is 10.00. The lowest BCUT2D eigenvalue weighted by Gasteiger charge is -2.30. The van der Waals surface area contributed by atoms with E-state index in [-0.39, 0.29) is 24.3 Å². The quantitative estimate of drug-likeness (QED) is 0.933. The van der Waals surface area contributed by atoms with Crippen molar-refractivity contribution in [2.45, 2.75) is 39.2 Å². The van der Waals surface area contributed by atoms with Gasteiger partial charge < -0.3 is 10.2 Å². The lowest BCUT2D eigenvalue weighted by molar-refractivity contribution is -0.121. The zero-order valence-corrected chi connectivity index (χ0v) is 14.7. The molecule has 25 heavy (non-hydrogen) atoms. The van der Waals surface area contributed by atoms with Gasteiger partial charge in [0, 0.05) is 19.7 Å². The number of amides is 2. The summed E-state index contributed by atoms with van der Waals surface area (Å²) in [6, 6.07) is 11.4. The number of carbonyl (C=O) groups excluding carboxylic acids is 2. The third-order valence-electron chi connectivity index (χ3n) is 4.49. The summed E-state index contributed by atoms with van der Waals surface area (Å²) in [5.41, 5.74) is 3.95. The Balaban J connectivity index is 1.81. The van der Waals surface area contributed by atoms with E-state index in [1.54, 1.807) is 11.1 Å². The third-order valence-corrected chi connectivity index (χ3v) is 4.49. The summed E-state index contributed by atoms with van der Waals surface area (Å²) in [6.45, 7) is 4.18. The maximum atomic E-state index is 12.9. The molecule has 1 aliphatic heterocycles. The van der Waals surface area contributed by atoms with Gasteiger partial charge in [-0.15, -0.1) is 0 Å². The number of fused-ring (bicyclic) bond motifs is 1. The Labute approximate surface area is 148 Å². The van der Waals surface area contributed by atoms with Crippen LogP contribution in [0.1, 0.15) is 42.6 Å². The minimum absolute atomic E-state index is 0.00766. The van der Waals surface area contributed by atoms with Crippen molar-refractivity contribution in [2.24, 2.45) is 0 Å². The van der Waals surface area contributed by atoms with Gasteiger partial charge in [-0.25, -0.2) is 0 Å². The number of nitrogens with one attached hydrogen (secondary N) is 1. The van der Waals surface area contributed by atoms with Crippen LogP contribution in [0, 0.1) is 6.92 Å². The fraction of sp³-hybridized carbons (Fsp3) is 0.350.